The summed E-state index contributed by atoms with van der Waals surface area (Å²) in [6, 6.07) is 10.3. The lowest BCUT2D eigenvalue weighted by Gasteiger charge is -2.27. The number of aromatic amines is 1. The minimum absolute atomic E-state index is 0.0353. The Hall–Kier alpha value is -2.75. The van der Waals surface area contributed by atoms with Crippen LogP contribution >= 0.6 is 23.4 Å². The Morgan fingerprint density at radius 2 is 2.00 bits per heavy atom. The van der Waals surface area contributed by atoms with Crippen molar-refractivity contribution in [3.63, 3.8) is 0 Å². The number of rotatable bonds is 6. The van der Waals surface area contributed by atoms with E-state index >= 15 is 0 Å². The average molecular weight is 477 g/mol. The Labute approximate surface area is 192 Å². The summed E-state index contributed by atoms with van der Waals surface area (Å²) in [4.78, 5) is 34.1. The van der Waals surface area contributed by atoms with Gasteiger partial charge in [-0.25, -0.2) is 13.8 Å². The number of nitrogens with zero attached hydrogens (tertiary/aromatic N) is 2. The summed E-state index contributed by atoms with van der Waals surface area (Å²) in [7, 11) is 0. The zero-order valence-corrected chi connectivity index (χ0v) is 18.4. The number of amides is 1. The fourth-order valence-corrected chi connectivity index (χ4v) is 4.26. The van der Waals surface area contributed by atoms with Gasteiger partial charge in [-0.15, -0.1) is 0 Å². The van der Waals surface area contributed by atoms with Gasteiger partial charge in [0.05, 0.1) is 22.7 Å². The first kappa shape index (κ1) is 22.4. The second kappa shape index (κ2) is 9.81. The topological polar surface area (TPSA) is 78.1 Å². The van der Waals surface area contributed by atoms with Crippen molar-refractivity contribution in [1.29, 1.82) is 0 Å². The number of hydrogen-bond donors (Lipinski definition) is 2. The van der Waals surface area contributed by atoms with Crippen LogP contribution in [0.15, 0.2) is 52.4 Å². The zero-order chi connectivity index (χ0) is 22.7. The number of H-pyrrole nitrogens is 1. The van der Waals surface area contributed by atoms with Crippen LogP contribution in [0.5, 0.6) is 0 Å². The summed E-state index contributed by atoms with van der Waals surface area (Å²) in [5, 5.41) is 3.05. The lowest BCUT2D eigenvalue weighted by atomic mass is 10.1. The quantitative estimate of drug-likeness (QED) is 0.415. The highest BCUT2D eigenvalue weighted by molar-refractivity contribution is 7.99. The van der Waals surface area contributed by atoms with Crippen LogP contribution in [0, 0.1) is 11.6 Å². The number of aromatic nitrogens is 2. The Morgan fingerprint density at radius 3 is 2.75 bits per heavy atom. The number of thioether (sulfide) groups is 1. The summed E-state index contributed by atoms with van der Waals surface area (Å²) in [6.45, 7) is 1.76. The summed E-state index contributed by atoms with van der Waals surface area (Å²) in [5.41, 5.74) is 2.05. The SMILES string of the molecule is O=C(CSc1nc2c(c(=O)[nH]1)CN(Cc1ccc(F)cc1)CC2)Nc1ccc(Cl)cc1F. The lowest BCUT2D eigenvalue weighted by molar-refractivity contribution is -0.113. The maximum atomic E-state index is 13.8. The van der Waals surface area contributed by atoms with Crippen LogP contribution in [-0.4, -0.2) is 33.1 Å². The maximum absolute atomic E-state index is 13.8. The first-order chi connectivity index (χ1) is 15.4. The second-order valence-electron chi connectivity index (χ2n) is 7.34. The van der Waals surface area contributed by atoms with Gasteiger partial charge in [0, 0.05) is 31.1 Å². The van der Waals surface area contributed by atoms with E-state index in [9.17, 15) is 18.4 Å². The lowest BCUT2D eigenvalue weighted by Crippen LogP contribution is -2.35. The highest BCUT2D eigenvalue weighted by Crippen LogP contribution is 2.21. The van der Waals surface area contributed by atoms with Gasteiger partial charge in [-0.05, 0) is 35.9 Å². The average Bonchev–Trinajstić information content (AvgIpc) is 2.76. The molecule has 1 aliphatic rings. The van der Waals surface area contributed by atoms with E-state index in [1.54, 1.807) is 12.1 Å². The molecule has 3 aromatic rings. The fourth-order valence-electron chi connectivity index (χ4n) is 3.42. The van der Waals surface area contributed by atoms with Crippen LogP contribution in [0.25, 0.3) is 0 Å². The Kier molecular flexibility index (Phi) is 6.88. The minimum Gasteiger partial charge on any atom is -0.323 e. The highest BCUT2D eigenvalue weighted by Gasteiger charge is 2.21. The molecule has 0 spiro atoms. The van der Waals surface area contributed by atoms with Crippen LogP contribution in [0.4, 0.5) is 14.5 Å². The number of anilines is 1. The van der Waals surface area contributed by atoms with Gasteiger partial charge in [0.1, 0.15) is 11.6 Å². The standard InChI is InChI=1S/C22H19ClF2N4O2S/c23-14-3-6-19(17(25)9-14)26-20(30)12-32-22-27-18-7-8-29(11-16(18)21(31)28-22)10-13-1-4-15(24)5-2-13/h1-6,9H,7-8,10-12H2,(H,26,30)(H,27,28,31). The maximum Gasteiger partial charge on any atom is 0.256 e. The smallest absolute Gasteiger partial charge is 0.256 e. The van der Waals surface area contributed by atoms with Gasteiger partial charge in [0.25, 0.3) is 5.56 Å². The van der Waals surface area contributed by atoms with Gasteiger partial charge >= 0.3 is 0 Å². The molecule has 166 valence electrons. The molecule has 0 aliphatic carbocycles. The molecule has 0 saturated heterocycles. The Bertz CT molecular complexity index is 1200. The molecule has 0 atom stereocenters. The van der Waals surface area contributed by atoms with Crippen molar-refractivity contribution < 1.29 is 13.6 Å². The molecular weight excluding hydrogens is 458 g/mol. The van der Waals surface area contributed by atoms with Crippen molar-refractivity contribution in [1.82, 2.24) is 14.9 Å². The molecular formula is C22H19ClF2N4O2S. The van der Waals surface area contributed by atoms with E-state index in [-0.39, 0.29) is 27.8 Å². The predicted octanol–water partition coefficient (Wildman–Crippen LogP) is 3.99. The third-order valence-corrected chi connectivity index (χ3v) is 6.10. The molecule has 32 heavy (non-hydrogen) atoms. The number of carbonyl (C=O) groups excluding carboxylic acids is 1. The molecule has 1 amide bonds. The summed E-state index contributed by atoms with van der Waals surface area (Å²) in [5.74, 6) is -1.38. The fraction of sp³-hybridized carbons (Fsp3) is 0.227. The normalized spacial score (nSPS) is 13.6. The molecule has 0 saturated carbocycles. The van der Waals surface area contributed by atoms with E-state index in [1.807, 2.05) is 0 Å². The molecule has 4 rings (SSSR count). The largest absolute Gasteiger partial charge is 0.323 e. The van der Waals surface area contributed by atoms with Gasteiger partial charge in [0.2, 0.25) is 5.91 Å². The molecule has 1 aliphatic heterocycles. The van der Waals surface area contributed by atoms with Crippen molar-refractivity contribution >= 4 is 35.0 Å². The van der Waals surface area contributed by atoms with Gasteiger partial charge in [-0.2, -0.15) is 0 Å². The third kappa shape index (κ3) is 5.53. The van der Waals surface area contributed by atoms with Crippen LogP contribution < -0.4 is 10.9 Å². The highest BCUT2D eigenvalue weighted by atomic mass is 35.5. The molecule has 2 heterocycles. The van der Waals surface area contributed by atoms with E-state index in [1.165, 1.54) is 24.3 Å². The van der Waals surface area contributed by atoms with Crippen molar-refractivity contribution in [3.8, 4) is 0 Å². The first-order valence-corrected chi connectivity index (χ1v) is 11.2. The third-order valence-electron chi connectivity index (χ3n) is 4.99. The molecule has 6 nitrogen and oxygen atoms in total. The molecule has 1 aromatic heterocycles. The Morgan fingerprint density at radius 1 is 1.22 bits per heavy atom. The monoisotopic (exact) mass is 476 g/mol. The number of fused-ring (bicyclic) bond motifs is 1. The van der Waals surface area contributed by atoms with Crippen molar-refractivity contribution in [2.45, 2.75) is 24.7 Å². The van der Waals surface area contributed by atoms with E-state index in [2.05, 4.69) is 20.2 Å². The molecule has 10 heteroatoms. The van der Waals surface area contributed by atoms with Crippen molar-refractivity contribution in [2.24, 2.45) is 0 Å². The van der Waals surface area contributed by atoms with Crippen LogP contribution in [0.2, 0.25) is 5.02 Å². The van der Waals surface area contributed by atoms with Crippen LogP contribution in [-0.2, 0) is 24.3 Å². The Balaban J connectivity index is 1.37. The van der Waals surface area contributed by atoms with E-state index < -0.39 is 11.7 Å². The van der Waals surface area contributed by atoms with Crippen molar-refractivity contribution in [2.75, 3.05) is 17.6 Å². The predicted molar refractivity (Wildman–Crippen MR) is 120 cm³/mol. The van der Waals surface area contributed by atoms with Crippen molar-refractivity contribution in [3.05, 3.63) is 86.3 Å². The number of carbonyl (C=O) groups is 1. The van der Waals surface area contributed by atoms with Gasteiger partial charge < -0.3 is 10.3 Å². The molecule has 2 N–H and O–H groups in total. The van der Waals surface area contributed by atoms with E-state index in [4.69, 9.17) is 11.6 Å². The molecule has 0 fully saturated rings. The summed E-state index contributed by atoms with van der Waals surface area (Å²) >= 11 is 6.78. The van der Waals surface area contributed by atoms with E-state index in [0.29, 0.717) is 42.5 Å². The number of nitrogens with one attached hydrogen (secondary N) is 2. The minimum atomic E-state index is -0.624. The number of halogens is 3. The van der Waals surface area contributed by atoms with E-state index in [0.717, 1.165) is 23.4 Å². The van der Waals surface area contributed by atoms with Crippen LogP contribution in [0.3, 0.4) is 0 Å². The molecule has 0 bridgehead atoms. The van der Waals surface area contributed by atoms with Crippen LogP contribution in [0.1, 0.15) is 16.8 Å². The van der Waals surface area contributed by atoms with Gasteiger partial charge in [-0.3, -0.25) is 14.5 Å². The first-order valence-electron chi connectivity index (χ1n) is 9.84. The molecule has 2 aromatic carbocycles. The summed E-state index contributed by atoms with van der Waals surface area (Å²) < 4.78 is 26.9. The number of benzene rings is 2. The van der Waals surface area contributed by atoms with Gasteiger partial charge in [-0.1, -0.05) is 35.5 Å². The number of hydrogen-bond acceptors (Lipinski definition) is 5. The zero-order valence-electron chi connectivity index (χ0n) is 16.8. The summed E-state index contributed by atoms with van der Waals surface area (Å²) in [6.07, 6.45) is 0.593. The molecule has 0 unspecified atom stereocenters. The second-order valence-corrected chi connectivity index (χ2v) is 8.74. The molecule has 0 radical (unpaired) electrons. The van der Waals surface area contributed by atoms with Gasteiger partial charge in [0.15, 0.2) is 5.16 Å².